The molecule has 1 aromatic carbocycles. The molecule has 0 radical (unpaired) electrons. The second-order valence-electron chi connectivity index (χ2n) is 4.38. The minimum Gasteiger partial charge on any atom is -0.299 e. The van der Waals surface area contributed by atoms with E-state index in [0.717, 1.165) is 31.4 Å². The maximum atomic E-state index is 12.4. The molecule has 1 aliphatic carbocycles. The average molecular weight is 279 g/mol. The predicted octanol–water partition coefficient (Wildman–Crippen LogP) is 4.35. The molecule has 0 aromatic heterocycles. The van der Waals surface area contributed by atoms with E-state index in [-0.39, 0.29) is 24.1 Å². The highest BCUT2D eigenvalue weighted by atomic mass is 35.5. The summed E-state index contributed by atoms with van der Waals surface area (Å²) in [5.74, 6) is -0.0537. The van der Waals surface area contributed by atoms with Gasteiger partial charge in [-0.1, -0.05) is 18.6 Å². The fourth-order valence-corrected chi connectivity index (χ4v) is 2.24. The standard InChI is InChI=1S/C13H13F3O.ClH/c14-13(15,16)10-7-5-9(6-8-10)11-3-1-2-4-12(11)17;/h5-8,11H,1-4H2;1H. The SMILES string of the molecule is Cl.O=C1CCCCC1c1ccc(C(F)(F)F)cc1. The molecular formula is C13H14ClF3O. The van der Waals surface area contributed by atoms with Crippen molar-refractivity contribution in [1.82, 2.24) is 0 Å². The molecule has 1 fully saturated rings. The molecule has 0 N–H and O–H groups in total. The molecular weight excluding hydrogens is 265 g/mol. The lowest BCUT2D eigenvalue weighted by atomic mass is 9.83. The quantitative estimate of drug-likeness (QED) is 0.746. The molecule has 18 heavy (non-hydrogen) atoms. The van der Waals surface area contributed by atoms with Crippen molar-refractivity contribution in [2.24, 2.45) is 0 Å². The molecule has 1 atom stereocenters. The van der Waals surface area contributed by atoms with Gasteiger partial charge in [-0.25, -0.2) is 0 Å². The van der Waals surface area contributed by atoms with E-state index in [1.54, 1.807) is 0 Å². The third-order valence-electron chi connectivity index (χ3n) is 3.20. The van der Waals surface area contributed by atoms with Crippen molar-refractivity contribution in [2.75, 3.05) is 0 Å². The van der Waals surface area contributed by atoms with Crippen molar-refractivity contribution < 1.29 is 18.0 Å². The van der Waals surface area contributed by atoms with Gasteiger partial charge in [-0.2, -0.15) is 13.2 Å². The van der Waals surface area contributed by atoms with Crippen LogP contribution in [0.3, 0.4) is 0 Å². The minimum atomic E-state index is -4.31. The Morgan fingerprint density at radius 1 is 1.06 bits per heavy atom. The first-order valence-corrected chi connectivity index (χ1v) is 5.68. The third-order valence-corrected chi connectivity index (χ3v) is 3.20. The molecule has 5 heteroatoms. The first-order valence-electron chi connectivity index (χ1n) is 5.68. The van der Waals surface area contributed by atoms with Crippen LogP contribution in [0, 0.1) is 0 Å². The van der Waals surface area contributed by atoms with Crippen molar-refractivity contribution >= 4 is 18.2 Å². The van der Waals surface area contributed by atoms with Crippen LogP contribution in [-0.2, 0) is 11.0 Å². The van der Waals surface area contributed by atoms with Gasteiger partial charge in [-0.05, 0) is 30.5 Å². The summed E-state index contributed by atoms with van der Waals surface area (Å²) in [6.07, 6.45) is -1.14. The number of alkyl halides is 3. The Morgan fingerprint density at radius 3 is 2.17 bits per heavy atom. The molecule has 1 aromatic rings. The van der Waals surface area contributed by atoms with E-state index in [1.165, 1.54) is 12.1 Å². The summed E-state index contributed by atoms with van der Waals surface area (Å²) in [7, 11) is 0. The summed E-state index contributed by atoms with van der Waals surface area (Å²) in [5.41, 5.74) is 0.0483. The number of rotatable bonds is 1. The van der Waals surface area contributed by atoms with E-state index in [1.807, 2.05) is 0 Å². The zero-order valence-corrected chi connectivity index (χ0v) is 10.5. The molecule has 0 saturated heterocycles. The average Bonchev–Trinajstić information content (AvgIpc) is 2.29. The molecule has 0 amide bonds. The van der Waals surface area contributed by atoms with Crippen LogP contribution in [0.1, 0.15) is 42.7 Å². The Bertz CT molecular complexity index is 411. The van der Waals surface area contributed by atoms with Crippen LogP contribution in [0.25, 0.3) is 0 Å². The maximum absolute atomic E-state index is 12.4. The predicted molar refractivity (Wildman–Crippen MR) is 64.9 cm³/mol. The van der Waals surface area contributed by atoms with E-state index in [9.17, 15) is 18.0 Å². The van der Waals surface area contributed by atoms with Crippen molar-refractivity contribution in [2.45, 2.75) is 37.8 Å². The van der Waals surface area contributed by atoms with Crippen LogP contribution in [0.2, 0.25) is 0 Å². The summed E-state index contributed by atoms with van der Waals surface area (Å²) >= 11 is 0. The smallest absolute Gasteiger partial charge is 0.299 e. The third kappa shape index (κ3) is 3.25. The summed E-state index contributed by atoms with van der Waals surface area (Å²) in [4.78, 5) is 11.7. The number of Topliss-reactive ketones (excluding diaryl/α,β-unsaturated/α-hetero) is 1. The molecule has 0 spiro atoms. The molecule has 2 rings (SSSR count). The fraction of sp³-hybridized carbons (Fsp3) is 0.462. The maximum Gasteiger partial charge on any atom is 0.416 e. The molecule has 1 aliphatic rings. The normalized spacial score (nSPS) is 20.4. The van der Waals surface area contributed by atoms with Crippen LogP contribution in [-0.4, -0.2) is 5.78 Å². The van der Waals surface area contributed by atoms with E-state index in [0.29, 0.717) is 12.0 Å². The Balaban J connectivity index is 0.00000162. The number of ketones is 1. The number of hydrogen-bond donors (Lipinski definition) is 0. The van der Waals surface area contributed by atoms with Crippen molar-refractivity contribution in [1.29, 1.82) is 0 Å². The minimum absolute atomic E-state index is 0. The van der Waals surface area contributed by atoms with Gasteiger partial charge in [0.15, 0.2) is 0 Å². The van der Waals surface area contributed by atoms with Gasteiger partial charge in [0.2, 0.25) is 0 Å². The van der Waals surface area contributed by atoms with E-state index < -0.39 is 11.7 Å². The first kappa shape index (κ1) is 15.0. The number of hydrogen-bond acceptors (Lipinski definition) is 1. The van der Waals surface area contributed by atoms with E-state index >= 15 is 0 Å². The number of carbonyl (C=O) groups excluding carboxylic acids is 1. The van der Waals surface area contributed by atoms with Gasteiger partial charge in [0.25, 0.3) is 0 Å². The molecule has 1 unspecified atom stereocenters. The van der Waals surface area contributed by atoms with Gasteiger partial charge in [-0.3, -0.25) is 4.79 Å². The zero-order valence-electron chi connectivity index (χ0n) is 9.67. The second kappa shape index (κ2) is 5.74. The number of carbonyl (C=O) groups is 1. The van der Waals surface area contributed by atoms with Crippen LogP contribution in [0.5, 0.6) is 0 Å². The Morgan fingerprint density at radius 2 is 1.67 bits per heavy atom. The van der Waals surface area contributed by atoms with Gasteiger partial charge < -0.3 is 0 Å². The van der Waals surface area contributed by atoms with Gasteiger partial charge in [0.1, 0.15) is 5.78 Å². The highest BCUT2D eigenvalue weighted by molar-refractivity contribution is 5.86. The molecule has 0 aliphatic heterocycles. The number of halogens is 4. The largest absolute Gasteiger partial charge is 0.416 e. The molecule has 0 bridgehead atoms. The van der Waals surface area contributed by atoms with E-state index in [2.05, 4.69) is 0 Å². The van der Waals surface area contributed by atoms with Gasteiger partial charge in [-0.15, -0.1) is 12.4 Å². The van der Waals surface area contributed by atoms with Crippen LogP contribution in [0.4, 0.5) is 13.2 Å². The summed E-state index contributed by atoms with van der Waals surface area (Å²) in [5, 5.41) is 0. The second-order valence-corrected chi connectivity index (χ2v) is 4.38. The van der Waals surface area contributed by atoms with Gasteiger partial charge in [0, 0.05) is 12.3 Å². The first-order chi connectivity index (χ1) is 7.98. The van der Waals surface area contributed by atoms with Crippen LogP contribution >= 0.6 is 12.4 Å². The van der Waals surface area contributed by atoms with E-state index in [4.69, 9.17) is 0 Å². The summed E-state index contributed by atoms with van der Waals surface area (Å²) < 4.78 is 37.1. The number of benzene rings is 1. The lowest BCUT2D eigenvalue weighted by molar-refractivity contribution is -0.137. The van der Waals surface area contributed by atoms with Gasteiger partial charge >= 0.3 is 6.18 Å². The van der Waals surface area contributed by atoms with Crippen molar-refractivity contribution in [3.8, 4) is 0 Å². The molecule has 0 heterocycles. The topological polar surface area (TPSA) is 17.1 Å². The highest BCUT2D eigenvalue weighted by Gasteiger charge is 2.31. The fourth-order valence-electron chi connectivity index (χ4n) is 2.24. The molecule has 100 valence electrons. The lowest BCUT2D eigenvalue weighted by Crippen LogP contribution is -2.17. The lowest BCUT2D eigenvalue weighted by Gasteiger charge is -2.21. The molecule has 1 nitrogen and oxygen atoms in total. The monoisotopic (exact) mass is 278 g/mol. The van der Waals surface area contributed by atoms with Crippen molar-refractivity contribution in [3.05, 3.63) is 35.4 Å². The summed E-state index contributed by atoms with van der Waals surface area (Å²) in [6, 6.07) is 4.96. The van der Waals surface area contributed by atoms with Crippen LogP contribution in [0.15, 0.2) is 24.3 Å². The van der Waals surface area contributed by atoms with Crippen LogP contribution < -0.4 is 0 Å². The Labute approximate surface area is 110 Å². The summed E-state index contributed by atoms with van der Waals surface area (Å²) in [6.45, 7) is 0. The van der Waals surface area contributed by atoms with Gasteiger partial charge in [0.05, 0.1) is 5.56 Å². The zero-order chi connectivity index (χ0) is 12.5. The Hall–Kier alpha value is -1.03. The van der Waals surface area contributed by atoms with Crippen molar-refractivity contribution in [3.63, 3.8) is 0 Å². The highest BCUT2D eigenvalue weighted by Crippen LogP contribution is 2.33. The Kier molecular flexibility index (Phi) is 4.79. The molecule has 1 saturated carbocycles.